The van der Waals surface area contributed by atoms with Gasteiger partial charge in [-0.05, 0) is 19.3 Å². The van der Waals surface area contributed by atoms with Crippen molar-refractivity contribution >= 4 is 0 Å². The Kier molecular flexibility index (Phi) is 0.618. The Labute approximate surface area is 31.6 Å². The molecule has 0 spiro atoms. The minimum absolute atomic E-state index is 0.00926. The Balaban J connectivity index is 2.08. The molecule has 1 aliphatic carbocycles. The van der Waals surface area contributed by atoms with E-state index in [-0.39, 0.29) is 6.10 Å². The van der Waals surface area contributed by atoms with Crippen molar-refractivity contribution in [3.63, 3.8) is 0 Å². The highest BCUT2D eigenvalue weighted by molar-refractivity contribution is 4.84. The van der Waals surface area contributed by atoms with Gasteiger partial charge in [-0.25, -0.2) is 0 Å². The molecular formula is C4H7O. The summed E-state index contributed by atoms with van der Waals surface area (Å²) in [6.45, 7) is 0. The van der Waals surface area contributed by atoms with Crippen LogP contribution in [0.5, 0.6) is 0 Å². The van der Waals surface area contributed by atoms with Crippen molar-refractivity contribution in [3.8, 4) is 0 Å². The molecule has 0 aliphatic heterocycles. The summed E-state index contributed by atoms with van der Waals surface area (Å²) < 4.78 is 0. The Morgan fingerprint density at radius 2 is 2.00 bits per heavy atom. The van der Waals surface area contributed by atoms with Gasteiger partial charge in [0.15, 0.2) is 0 Å². The quantitative estimate of drug-likeness (QED) is 0.436. The molecule has 1 nitrogen and oxygen atoms in total. The van der Waals surface area contributed by atoms with Gasteiger partial charge in [0, 0.05) is 0 Å². The van der Waals surface area contributed by atoms with Crippen LogP contribution in [0.3, 0.4) is 0 Å². The van der Waals surface area contributed by atoms with Crippen LogP contribution in [0.4, 0.5) is 0 Å². The molecular weight excluding hydrogens is 64.0 g/mol. The van der Waals surface area contributed by atoms with E-state index in [1.165, 1.54) is 0 Å². The van der Waals surface area contributed by atoms with Gasteiger partial charge >= 0.3 is 0 Å². The topological polar surface area (TPSA) is 20.2 Å². The summed E-state index contributed by atoms with van der Waals surface area (Å²) in [6, 6.07) is 0. The van der Waals surface area contributed by atoms with Gasteiger partial charge in [-0.2, -0.15) is 0 Å². The second-order valence-electron chi connectivity index (χ2n) is 1.41. The van der Waals surface area contributed by atoms with Crippen LogP contribution >= 0.6 is 0 Å². The van der Waals surface area contributed by atoms with E-state index in [2.05, 4.69) is 6.42 Å². The third-order valence-corrected chi connectivity index (χ3v) is 0.877. The van der Waals surface area contributed by atoms with Crippen molar-refractivity contribution in [2.75, 3.05) is 0 Å². The fourth-order valence-electron chi connectivity index (χ4n) is 0.316. The van der Waals surface area contributed by atoms with Gasteiger partial charge < -0.3 is 5.11 Å². The molecule has 5 heavy (non-hydrogen) atoms. The molecule has 1 heteroatoms. The number of rotatable bonds is 0. The highest BCUT2D eigenvalue weighted by Gasteiger charge is 2.11. The number of hydrogen-bond donors (Lipinski definition) is 1. The normalized spacial score (nSPS) is 25.8. The molecule has 0 heterocycles. The van der Waals surface area contributed by atoms with Crippen molar-refractivity contribution in [3.05, 3.63) is 6.42 Å². The average Bonchev–Trinajstić information content (AvgIpc) is 1.30. The first-order valence-electron chi connectivity index (χ1n) is 1.89. The molecule has 1 fully saturated rings. The third kappa shape index (κ3) is 0.428. The van der Waals surface area contributed by atoms with Crippen LogP contribution in [0, 0.1) is 6.42 Å². The number of aliphatic hydroxyl groups is 1. The van der Waals surface area contributed by atoms with Crippen LogP contribution < -0.4 is 0 Å². The summed E-state index contributed by atoms with van der Waals surface area (Å²) in [5.74, 6) is 0. The van der Waals surface area contributed by atoms with Gasteiger partial charge in [0.2, 0.25) is 0 Å². The van der Waals surface area contributed by atoms with Crippen LogP contribution in [0.15, 0.2) is 0 Å². The van der Waals surface area contributed by atoms with Crippen molar-refractivity contribution in [2.45, 2.75) is 18.9 Å². The first-order chi connectivity index (χ1) is 2.39. The molecule has 0 aromatic carbocycles. The first kappa shape index (κ1) is 3.16. The van der Waals surface area contributed by atoms with Gasteiger partial charge in [-0.1, -0.05) is 0 Å². The van der Waals surface area contributed by atoms with E-state index in [0.29, 0.717) is 0 Å². The van der Waals surface area contributed by atoms with E-state index in [0.717, 1.165) is 12.8 Å². The van der Waals surface area contributed by atoms with Gasteiger partial charge in [-0.3, -0.25) is 0 Å². The van der Waals surface area contributed by atoms with Gasteiger partial charge in [-0.15, -0.1) is 0 Å². The third-order valence-electron chi connectivity index (χ3n) is 0.877. The van der Waals surface area contributed by atoms with Gasteiger partial charge in [0.05, 0.1) is 6.10 Å². The number of hydrogen-bond acceptors (Lipinski definition) is 1. The molecule has 0 atom stereocenters. The maximum Gasteiger partial charge on any atom is 0.0545 e. The molecule has 0 saturated heterocycles. The molecule has 1 N–H and O–H groups in total. The fourth-order valence-corrected chi connectivity index (χ4v) is 0.316. The summed E-state index contributed by atoms with van der Waals surface area (Å²) in [5, 5.41) is 8.42. The minimum Gasteiger partial charge on any atom is -0.393 e. The molecule has 1 aliphatic rings. The molecule has 1 radical (unpaired) electrons. The van der Waals surface area contributed by atoms with Gasteiger partial charge in [0.25, 0.3) is 0 Å². The highest BCUT2D eigenvalue weighted by Crippen LogP contribution is 2.15. The highest BCUT2D eigenvalue weighted by atomic mass is 16.3. The maximum atomic E-state index is 8.42. The molecule has 0 aromatic rings. The Morgan fingerprint density at radius 3 is 2.00 bits per heavy atom. The molecule has 0 bridgehead atoms. The van der Waals surface area contributed by atoms with Crippen LogP contribution in [0.25, 0.3) is 0 Å². The van der Waals surface area contributed by atoms with E-state index in [4.69, 9.17) is 5.11 Å². The average molecular weight is 71.1 g/mol. The van der Waals surface area contributed by atoms with Crippen LogP contribution in [-0.2, 0) is 0 Å². The van der Waals surface area contributed by atoms with Crippen molar-refractivity contribution in [2.24, 2.45) is 0 Å². The molecule has 29 valence electrons. The van der Waals surface area contributed by atoms with E-state index < -0.39 is 0 Å². The summed E-state index contributed by atoms with van der Waals surface area (Å²) in [5.41, 5.74) is 0. The Morgan fingerprint density at radius 1 is 1.60 bits per heavy atom. The van der Waals surface area contributed by atoms with Crippen LogP contribution in [-0.4, -0.2) is 11.2 Å². The largest absolute Gasteiger partial charge is 0.393 e. The van der Waals surface area contributed by atoms with E-state index in [9.17, 15) is 0 Å². The fraction of sp³-hybridized carbons (Fsp3) is 0.750. The lowest BCUT2D eigenvalue weighted by Gasteiger charge is -2.17. The SMILES string of the molecule is OC1C[CH]C1. The zero-order valence-corrected chi connectivity index (χ0v) is 3.02. The standard InChI is InChI=1S/C4H7O/c5-4-2-1-3-4/h1,4-5H,2-3H2. The second kappa shape index (κ2) is 0.977. The first-order valence-corrected chi connectivity index (χ1v) is 1.89. The van der Waals surface area contributed by atoms with E-state index in [1.807, 2.05) is 0 Å². The molecule has 0 aromatic heterocycles. The summed E-state index contributed by atoms with van der Waals surface area (Å²) >= 11 is 0. The van der Waals surface area contributed by atoms with Crippen molar-refractivity contribution in [1.82, 2.24) is 0 Å². The summed E-state index contributed by atoms with van der Waals surface area (Å²) in [7, 11) is 0. The molecule has 1 rings (SSSR count). The molecule has 0 amide bonds. The lowest BCUT2D eigenvalue weighted by Crippen LogP contribution is -2.16. The van der Waals surface area contributed by atoms with E-state index >= 15 is 0 Å². The predicted octanol–water partition coefficient (Wildman–Crippen LogP) is 0.345. The molecule has 1 saturated carbocycles. The summed E-state index contributed by atoms with van der Waals surface area (Å²) in [4.78, 5) is 0. The summed E-state index contributed by atoms with van der Waals surface area (Å²) in [6.07, 6.45) is 3.92. The Bertz CT molecular complexity index is 30.6. The lowest BCUT2D eigenvalue weighted by molar-refractivity contribution is 0.132. The smallest absolute Gasteiger partial charge is 0.0545 e. The Hall–Kier alpha value is -0.0400. The minimum atomic E-state index is 0.00926. The second-order valence-corrected chi connectivity index (χ2v) is 1.41. The van der Waals surface area contributed by atoms with Crippen LogP contribution in [0.1, 0.15) is 12.8 Å². The van der Waals surface area contributed by atoms with Crippen LogP contribution in [0.2, 0.25) is 0 Å². The van der Waals surface area contributed by atoms with Crippen molar-refractivity contribution in [1.29, 1.82) is 0 Å². The maximum absolute atomic E-state index is 8.42. The van der Waals surface area contributed by atoms with Crippen molar-refractivity contribution < 1.29 is 5.11 Å². The number of aliphatic hydroxyl groups excluding tert-OH is 1. The predicted molar refractivity (Wildman–Crippen MR) is 19.5 cm³/mol. The zero-order chi connectivity index (χ0) is 3.70. The lowest BCUT2D eigenvalue weighted by atomic mass is 9.97. The monoisotopic (exact) mass is 71.0 g/mol. The van der Waals surface area contributed by atoms with Gasteiger partial charge in [0.1, 0.15) is 0 Å². The zero-order valence-electron chi connectivity index (χ0n) is 3.02. The van der Waals surface area contributed by atoms with E-state index in [1.54, 1.807) is 0 Å². The molecule has 0 unspecified atom stereocenters.